The van der Waals surface area contributed by atoms with Gasteiger partial charge in [-0.15, -0.1) is 10.2 Å². The van der Waals surface area contributed by atoms with Gasteiger partial charge >= 0.3 is 6.43 Å². The molecule has 2 aliphatic rings. The minimum atomic E-state index is -3.70. The monoisotopic (exact) mass is 384 g/mol. The molecular weight excluding hydrogens is 366 g/mol. The van der Waals surface area contributed by atoms with Crippen LogP contribution in [0.4, 0.5) is 8.78 Å². The number of nitrogens with two attached hydrogens (primary N) is 1. The largest absolute Gasteiger partial charge is 0.415 e. The lowest BCUT2D eigenvalue weighted by atomic mass is 9.91. The van der Waals surface area contributed by atoms with E-state index in [0.29, 0.717) is 11.1 Å². The van der Waals surface area contributed by atoms with Crippen LogP contribution in [0.1, 0.15) is 43.6 Å². The number of rotatable bonds is 3. The molecule has 0 unspecified atom stereocenters. The number of fused-ring (bicyclic) bond motifs is 1. The van der Waals surface area contributed by atoms with Crippen LogP contribution in [0.15, 0.2) is 27.5 Å². The van der Waals surface area contributed by atoms with Crippen LogP contribution in [-0.4, -0.2) is 35.0 Å². The molecule has 1 aromatic carbocycles. The molecule has 10 heteroatoms. The van der Waals surface area contributed by atoms with E-state index >= 15 is 0 Å². The first-order valence-corrected chi connectivity index (χ1v) is 9.84. The van der Waals surface area contributed by atoms with E-state index in [4.69, 9.17) is 10.2 Å². The van der Waals surface area contributed by atoms with E-state index < -0.39 is 22.3 Å². The Morgan fingerprint density at radius 3 is 2.69 bits per heavy atom. The van der Waals surface area contributed by atoms with E-state index in [9.17, 15) is 17.2 Å². The van der Waals surface area contributed by atoms with Gasteiger partial charge in [-0.1, -0.05) is 18.9 Å². The topological polar surface area (TPSA) is 102 Å². The van der Waals surface area contributed by atoms with Gasteiger partial charge in [-0.3, -0.25) is 0 Å². The fraction of sp³-hybridized carbons (Fsp3) is 0.500. The van der Waals surface area contributed by atoms with Crippen molar-refractivity contribution in [3.8, 4) is 11.5 Å². The smallest absolute Gasteiger partial charge is 0.314 e. The summed E-state index contributed by atoms with van der Waals surface area (Å²) in [7, 11) is -3.70. The summed E-state index contributed by atoms with van der Waals surface area (Å²) in [6.07, 6.45) is 0.619. The van der Waals surface area contributed by atoms with Gasteiger partial charge < -0.3 is 10.2 Å². The van der Waals surface area contributed by atoms with Gasteiger partial charge in [-0.2, -0.15) is 13.1 Å². The summed E-state index contributed by atoms with van der Waals surface area (Å²) in [5, 5.41) is 6.85. The lowest BCUT2D eigenvalue weighted by molar-refractivity contribution is 0.116. The summed E-state index contributed by atoms with van der Waals surface area (Å²) in [6.45, 7) is 0.266. The zero-order valence-corrected chi connectivity index (χ0v) is 14.6. The predicted octanol–water partition coefficient (Wildman–Crippen LogP) is 2.45. The average molecular weight is 384 g/mol. The van der Waals surface area contributed by atoms with E-state index in [0.717, 1.165) is 25.7 Å². The first-order valence-electron chi connectivity index (χ1n) is 8.40. The molecule has 1 fully saturated rings. The van der Waals surface area contributed by atoms with Gasteiger partial charge in [0, 0.05) is 24.2 Å². The Morgan fingerprint density at radius 1 is 1.23 bits per heavy atom. The van der Waals surface area contributed by atoms with E-state index in [1.165, 1.54) is 10.4 Å². The summed E-state index contributed by atoms with van der Waals surface area (Å²) in [5.74, 6) is -0.927. The maximum atomic E-state index is 13.0. The molecule has 2 N–H and O–H groups in total. The maximum Gasteiger partial charge on any atom is 0.314 e. The van der Waals surface area contributed by atoms with Gasteiger partial charge in [0.05, 0.1) is 4.90 Å². The number of hydrogen-bond donors (Lipinski definition) is 1. The molecule has 0 bridgehead atoms. The van der Waals surface area contributed by atoms with Crippen molar-refractivity contribution in [3.63, 3.8) is 0 Å². The van der Waals surface area contributed by atoms with Crippen LogP contribution in [0.2, 0.25) is 0 Å². The lowest BCUT2D eigenvalue weighted by Gasteiger charge is -2.34. The fourth-order valence-corrected chi connectivity index (χ4v) is 5.59. The standard InChI is InChI=1S/C16H18F2N4O3S/c17-14(18)16-21-20-15(25-16)9-5-6-10-8-22(26(23,24)13(10)7-9)12-4-2-1-3-11(12)19/h5-7,11-12,14H,1-4,8,19H2/t11-,12-/m1/s1. The first-order chi connectivity index (χ1) is 12.4. The van der Waals surface area contributed by atoms with Crippen molar-refractivity contribution in [1.29, 1.82) is 0 Å². The summed E-state index contributed by atoms with van der Waals surface area (Å²) in [4.78, 5) is 0.143. The molecule has 2 aromatic rings. The average Bonchev–Trinajstić information content (AvgIpc) is 3.19. The van der Waals surface area contributed by atoms with E-state index in [-0.39, 0.29) is 29.4 Å². The number of sulfonamides is 1. The summed E-state index contributed by atoms with van der Waals surface area (Å²) in [6, 6.07) is 4.25. The van der Waals surface area contributed by atoms with Crippen molar-refractivity contribution < 1.29 is 21.6 Å². The minimum Gasteiger partial charge on any atom is -0.415 e. The van der Waals surface area contributed by atoms with Gasteiger partial charge in [0.15, 0.2) is 0 Å². The Morgan fingerprint density at radius 2 is 2.00 bits per heavy atom. The van der Waals surface area contributed by atoms with Gasteiger partial charge in [-0.05, 0) is 30.5 Å². The Bertz CT molecular complexity index is 931. The molecular formula is C16H18F2N4O3S. The van der Waals surface area contributed by atoms with Crippen molar-refractivity contribution in [3.05, 3.63) is 29.7 Å². The number of alkyl halides is 2. The van der Waals surface area contributed by atoms with Crippen LogP contribution in [0, 0.1) is 0 Å². The third kappa shape index (κ3) is 2.81. The molecule has 1 aliphatic carbocycles. The second-order valence-corrected chi connectivity index (χ2v) is 8.49. The number of benzene rings is 1. The van der Waals surface area contributed by atoms with Crippen LogP contribution in [0.3, 0.4) is 0 Å². The van der Waals surface area contributed by atoms with Crippen molar-refractivity contribution in [1.82, 2.24) is 14.5 Å². The van der Waals surface area contributed by atoms with Crippen LogP contribution >= 0.6 is 0 Å². The zero-order valence-electron chi connectivity index (χ0n) is 13.8. The minimum absolute atomic E-state index is 0.133. The molecule has 26 heavy (non-hydrogen) atoms. The van der Waals surface area contributed by atoms with Crippen LogP contribution in [0.25, 0.3) is 11.5 Å². The number of nitrogens with zero attached hydrogens (tertiary/aromatic N) is 3. The molecule has 0 amide bonds. The number of hydrogen-bond acceptors (Lipinski definition) is 6. The van der Waals surface area contributed by atoms with Crippen LogP contribution < -0.4 is 5.73 Å². The van der Waals surface area contributed by atoms with Crippen molar-refractivity contribution in [2.75, 3.05) is 0 Å². The first kappa shape index (κ1) is 17.5. The third-order valence-electron chi connectivity index (χ3n) is 5.01. The van der Waals surface area contributed by atoms with Crippen molar-refractivity contribution in [2.45, 2.75) is 55.6 Å². The molecule has 7 nitrogen and oxygen atoms in total. The van der Waals surface area contributed by atoms with Gasteiger partial charge in [-0.25, -0.2) is 8.42 Å². The number of aromatic nitrogens is 2. The summed E-state index contributed by atoms with van der Waals surface area (Å²) < 4.78 is 57.6. The van der Waals surface area contributed by atoms with Gasteiger partial charge in [0.25, 0.3) is 5.89 Å². The van der Waals surface area contributed by atoms with Crippen molar-refractivity contribution >= 4 is 10.0 Å². The molecule has 0 saturated heterocycles. The third-order valence-corrected chi connectivity index (χ3v) is 6.96. The Hall–Kier alpha value is -1.91. The maximum absolute atomic E-state index is 13.0. The molecule has 2 atom stereocenters. The Balaban J connectivity index is 1.68. The normalized spacial score (nSPS) is 25.5. The quantitative estimate of drug-likeness (QED) is 0.872. The van der Waals surface area contributed by atoms with E-state index in [1.54, 1.807) is 12.1 Å². The van der Waals surface area contributed by atoms with E-state index in [1.807, 2.05) is 0 Å². The number of halogens is 2. The highest BCUT2D eigenvalue weighted by atomic mass is 32.2. The second-order valence-electron chi connectivity index (χ2n) is 6.63. The second kappa shape index (κ2) is 6.36. The highest BCUT2D eigenvalue weighted by Gasteiger charge is 2.42. The van der Waals surface area contributed by atoms with Gasteiger partial charge in [0.1, 0.15) is 0 Å². The molecule has 2 heterocycles. The fourth-order valence-electron chi connectivity index (χ4n) is 3.67. The van der Waals surface area contributed by atoms with Crippen LogP contribution in [-0.2, 0) is 16.6 Å². The van der Waals surface area contributed by atoms with Crippen LogP contribution in [0.5, 0.6) is 0 Å². The highest BCUT2D eigenvalue weighted by molar-refractivity contribution is 7.89. The lowest BCUT2D eigenvalue weighted by Crippen LogP contribution is -2.49. The SMILES string of the molecule is N[C@@H]1CCCC[C@H]1N1Cc2ccc(-c3nnc(C(F)F)o3)cc2S1(=O)=O. The molecule has 1 saturated carbocycles. The summed E-state index contributed by atoms with van der Waals surface area (Å²) in [5.41, 5.74) is 7.10. The molecule has 4 rings (SSSR count). The van der Waals surface area contributed by atoms with Gasteiger partial charge in [0.2, 0.25) is 15.9 Å². The predicted molar refractivity (Wildman–Crippen MR) is 87.7 cm³/mol. The van der Waals surface area contributed by atoms with E-state index in [2.05, 4.69) is 10.2 Å². The molecule has 1 aromatic heterocycles. The summed E-state index contributed by atoms with van der Waals surface area (Å²) >= 11 is 0. The molecule has 0 spiro atoms. The molecule has 140 valence electrons. The Labute approximate surface area is 149 Å². The highest BCUT2D eigenvalue weighted by Crippen LogP contribution is 2.38. The Kier molecular flexibility index (Phi) is 4.28. The molecule has 1 aliphatic heterocycles. The molecule has 0 radical (unpaired) electrons. The zero-order chi connectivity index (χ0) is 18.5. The van der Waals surface area contributed by atoms with Crippen molar-refractivity contribution in [2.24, 2.45) is 5.73 Å².